The highest BCUT2D eigenvalue weighted by Gasteiger charge is 2.29. The number of rotatable bonds is 9. The molecule has 0 aliphatic carbocycles. The fourth-order valence-corrected chi connectivity index (χ4v) is 1.51. The van der Waals surface area contributed by atoms with Crippen LogP contribution in [0.25, 0.3) is 0 Å². The normalized spacial score (nSPS) is 16.7. The van der Waals surface area contributed by atoms with Crippen LogP contribution in [0.3, 0.4) is 0 Å². The molecule has 2 atom stereocenters. The lowest BCUT2D eigenvalue weighted by Crippen LogP contribution is -2.37. The summed E-state index contributed by atoms with van der Waals surface area (Å²) in [6.45, 7) is 7.88. The van der Waals surface area contributed by atoms with E-state index in [9.17, 15) is 5.11 Å². The molecule has 3 heteroatoms. The molecule has 0 radical (unpaired) electrons. The van der Waals surface area contributed by atoms with E-state index in [1.807, 2.05) is 13.0 Å². The average Bonchev–Trinajstić information content (AvgIpc) is 2.35. The van der Waals surface area contributed by atoms with Crippen molar-refractivity contribution in [2.75, 3.05) is 19.8 Å². The Hall–Kier alpha value is -1.08. The van der Waals surface area contributed by atoms with Gasteiger partial charge in [0.15, 0.2) is 0 Å². The third-order valence-electron chi connectivity index (χ3n) is 2.88. The zero-order chi connectivity index (χ0) is 14.0. The van der Waals surface area contributed by atoms with Gasteiger partial charge in [0, 0.05) is 0 Å². The molecule has 0 aromatic rings. The number of aliphatic hydroxyl groups excluding tert-OH is 1. The van der Waals surface area contributed by atoms with Gasteiger partial charge in [-0.3, -0.25) is 0 Å². The standard InChI is InChI=1S/C15H24O3/c1-5-10-18-11-9-13(3)7-8-14(6-2)15(4,17)12-16/h2,5,9,14,16-17H,1,7-8,10-12H2,3-4H3/b13-9+/t14-,15+/m0/s1. The zero-order valence-corrected chi connectivity index (χ0v) is 11.4. The topological polar surface area (TPSA) is 49.7 Å². The van der Waals surface area contributed by atoms with E-state index in [1.54, 1.807) is 13.0 Å². The van der Waals surface area contributed by atoms with Crippen molar-refractivity contribution in [2.24, 2.45) is 5.92 Å². The van der Waals surface area contributed by atoms with Gasteiger partial charge in [0.25, 0.3) is 0 Å². The molecule has 2 N–H and O–H groups in total. The molecular weight excluding hydrogens is 228 g/mol. The molecule has 0 bridgehead atoms. The number of allylic oxidation sites excluding steroid dienone is 1. The molecule has 0 unspecified atom stereocenters. The zero-order valence-electron chi connectivity index (χ0n) is 11.4. The van der Waals surface area contributed by atoms with Crippen LogP contribution in [0.15, 0.2) is 24.3 Å². The minimum Gasteiger partial charge on any atom is -0.393 e. The minimum absolute atomic E-state index is 0.326. The molecule has 0 saturated carbocycles. The highest BCUT2D eigenvalue weighted by Crippen LogP contribution is 2.22. The Balaban J connectivity index is 4.13. The van der Waals surface area contributed by atoms with Gasteiger partial charge >= 0.3 is 0 Å². The predicted octanol–water partition coefficient (Wildman–Crippen LogP) is 1.91. The first kappa shape index (κ1) is 16.9. The van der Waals surface area contributed by atoms with E-state index in [1.165, 1.54) is 0 Å². The lowest BCUT2D eigenvalue weighted by Gasteiger charge is -2.27. The maximum absolute atomic E-state index is 9.89. The lowest BCUT2D eigenvalue weighted by atomic mass is 9.86. The van der Waals surface area contributed by atoms with Crippen LogP contribution in [-0.2, 0) is 4.74 Å². The van der Waals surface area contributed by atoms with E-state index in [2.05, 4.69) is 12.5 Å². The van der Waals surface area contributed by atoms with Gasteiger partial charge in [-0.2, -0.15) is 0 Å². The molecule has 0 heterocycles. The molecule has 3 nitrogen and oxygen atoms in total. The van der Waals surface area contributed by atoms with Gasteiger partial charge < -0.3 is 14.9 Å². The maximum Gasteiger partial charge on any atom is 0.0985 e. The van der Waals surface area contributed by atoms with Gasteiger partial charge in [-0.25, -0.2) is 0 Å². The van der Waals surface area contributed by atoms with E-state index in [4.69, 9.17) is 16.3 Å². The molecule has 0 aliphatic heterocycles. The van der Waals surface area contributed by atoms with Crippen molar-refractivity contribution in [1.82, 2.24) is 0 Å². The molecular formula is C15H24O3. The Morgan fingerprint density at radius 3 is 2.72 bits per heavy atom. The fraction of sp³-hybridized carbons (Fsp3) is 0.600. The quantitative estimate of drug-likeness (QED) is 0.374. The minimum atomic E-state index is -1.21. The van der Waals surface area contributed by atoms with Gasteiger partial charge in [0.05, 0.1) is 31.3 Å². The van der Waals surface area contributed by atoms with Gasteiger partial charge in [0.2, 0.25) is 0 Å². The number of hydrogen-bond donors (Lipinski definition) is 2. The number of aliphatic hydroxyl groups is 2. The molecule has 0 saturated heterocycles. The smallest absolute Gasteiger partial charge is 0.0985 e. The molecule has 0 aromatic carbocycles. The van der Waals surface area contributed by atoms with E-state index >= 15 is 0 Å². The Morgan fingerprint density at radius 2 is 2.22 bits per heavy atom. The molecule has 102 valence electrons. The third kappa shape index (κ3) is 6.61. The monoisotopic (exact) mass is 252 g/mol. The second-order valence-electron chi connectivity index (χ2n) is 4.65. The summed E-state index contributed by atoms with van der Waals surface area (Å²) in [5.41, 5.74) is -0.0537. The van der Waals surface area contributed by atoms with Gasteiger partial charge in [-0.1, -0.05) is 17.7 Å². The van der Waals surface area contributed by atoms with Crippen LogP contribution in [0.2, 0.25) is 0 Å². The van der Waals surface area contributed by atoms with E-state index in [0.29, 0.717) is 19.6 Å². The Labute approximate surface area is 110 Å². The van der Waals surface area contributed by atoms with Crippen molar-refractivity contribution >= 4 is 0 Å². The van der Waals surface area contributed by atoms with Crippen LogP contribution in [-0.4, -0.2) is 35.6 Å². The fourth-order valence-electron chi connectivity index (χ4n) is 1.51. The van der Waals surface area contributed by atoms with Crippen LogP contribution in [0, 0.1) is 18.3 Å². The average molecular weight is 252 g/mol. The van der Waals surface area contributed by atoms with Crippen molar-refractivity contribution in [3.05, 3.63) is 24.3 Å². The summed E-state index contributed by atoms with van der Waals surface area (Å²) >= 11 is 0. The van der Waals surface area contributed by atoms with Crippen LogP contribution < -0.4 is 0 Å². The Kier molecular flexibility index (Phi) is 8.40. The highest BCUT2D eigenvalue weighted by atomic mass is 16.5. The first-order valence-corrected chi connectivity index (χ1v) is 6.11. The van der Waals surface area contributed by atoms with Crippen LogP contribution in [0.4, 0.5) is 0 Å². The SMILES string of the molecule is C#C[C@@H](CC/C(C)=C/COCC=C)[C@](C)(O)CO. The molecule has 0 aliphatic rings. The summed E-state index contributed by atoms with van der Waals surface area (Å²) in [5, 5.41) is 19.0. The van der Waals surface area contributed by atoms with Crippen LogP contribution in [0.5, 0.6) is 0 Å². The molecule has 0 spiro atoms. The van der Waals surface area contributed by atoms with Crippen molar-refractivity contribution in [1.29, 1.82) is 0 Å². The summed E-state index contributed by atoms with van der Waals surface area (Å²) in [4.78, 5) is 0. The summed E-state index contributed by atoms with van der Waals surface area (Å²) < 4.78 is 5.25. The Morgan fingerprint density at radius 1 is 1.56 bits per heavy atom. The molecule has 18 heavy (non-hydrogen) atoms. The number of ether oxygens (including phenoxy) is 1. The lowest BCUT2D eigenvalue weighted by molar-refractivity contribution is -0.0307. The molecule has 0 fully saturated rings. The largest absolute Gasteiger partial charge is 0.393 e. The first-order chi connectivity index (χ1) is 8.47. The van der Waals surface area contributed by atoms with E-state index in [-0.39, 0.29) is 12.5 Å². The van der Waals surface area contributed by atoms with Crippen molar-refractivity contribution in [3.8, 4) is 12.3 Å². The first-order valence-electron chi connectivity index (χ1n) is 6.11. The van der Waals surface area contributed by atoms with Crippen molar-refractivity contribution in [2.45, 2.75) is 32.3 Å². The summed E-state index contributed by atoms with van der Waals surface area (Å²) in [6.07, 6.45) is 10.5. The highest BCUT2D eigenvalue weighted by molar-refractivity contribution is 5.06. The molecule has 0 rings (SSSR count). The van der Waals surface area contributed by atoms with Gasteiger partial charge in [-0.15, -0.1) is 18.9 Å². The van der Waals surface area contributed by atoms with E-state index < -0.39 is 5.60 Å². The van der Waals surface area contributed by atoms with Crippen LogP contribution >= 0.6 is 0 Å². The van der Waals surface area contributed by atoms with E-state index in [0.717, 1.165) is 12.0 Å². The van der Waals surface area contributed by atoms with Gasteiger partial charge in [0.1, 0.15) is 0 Å². The predicted molar refractivity (Wildman–Crippen MR) is 74.0 cm³/mol. The summed E-state index contributed by atoms with van der Waals surface area (Å²) in [6, 6.07) is 0. The number of terminal acetylenes is 1. The molecule has 0 amide bonds. The van der Waals surface area contributed by atoms with Crippen molar-refractivity contribution < 1.29 is 14.9 Å². The maximum atomic E-state index is 9.89. The van der Waals surface area contributed by atoms with Gasteiger partial charge in [-0.05, 0) is 26.7 Å². The van der Waals surface area contributed by atoms with Crippen LogP contribution in [0.1, 0.15) is 26.7 Å². The second-order valence-corrected chi connectivity index (χ2v) is 4.65. The second kappa shape index (κ2) is 8.93. The van der Waals surface area contributed by atoms with Crippen molar-refractivity contribution in [3.63, 3.8) is 0 Å². The Bertz CT molecular complexity index is 310. The summed E-state index contributed by atoms with van der Waals surface area (Å²) in [7, 11) is 0. The third-order valence-corrected chi connectivity index (χ3v) is 2.88. The summed E-state index contributed by atoms with van der Waals surface area (Å²) in [5.74, 6) is 2.20. The number of hydrogen-bond acceptors (Lipinski definition) is 3. The molecule has 0 aromatic heterocycles.